The third-order valence-electron chi connectivity index (χ3n) is 4.12. The van der Waals surface area contributed by atoms with Gasteiger partial charge in [-0.1, -0.05) is 39.8 Å². The van der Waals surface area contributed by atoms with E-state index < -0.39 is 8.32 Å². The molecule has 0 aliphatic heterocycles. The van der Waals surface area contributed by atoms with Crippen LogP contribution in [-0.4, -0.2) is 20.3 Å². The molecule has 0 unspecified atom stereocenters. The van der Waals surface area contributed by atoms with E-state index in [9.17, 15) is 4.79 Å². The minimum atomic E-state index is -1.68. The van der Waals surface area contributed by atoms with Crippen LogP contribution in [0.15, 0.2) is 12.2 Å². The number of rotatable bonds is 10. The van der Waals surface area contributed by atoms with Crippen LogP contribution in [0.3, 0.4) is 0 Å². The van der Waals surface area contributed by atoms with Gasteiger partial charge in [0.15, 0.2) is 8.32 Å². The average Bonchev–Trinajstić information content (AvgIpc) is 2.40. The molecule has 2 atom stereocenters. The van der Waals surface area contributed by atoms with E-state index in [1.807, 2.05) is 13.0 Å². The number of hydrogen-bond donors (Lipinski definition) is 1. The van der Waals surface area contributed by atoms with E-state index in [4.69, 9.17) is 10.2 Å². The van der Waals surface area contributed by atoms with E-state index in [0.717, 1.165) is 24.6 Å². The summed E-state index contributed by atoms with van der Waals surface area (Å²) in [7, 11) is -1.68. The number of carbonyl (C=O) groups excluding carboxylic acids is 1. The highest BCUT2D eigenvalue weighted by Gasteiger charge is 2.34. The smallest absolute Gasteiger partial charge is 0.219 e. The molecule has 19 heavy (non-hydrogen) atoms. The fourth-order valence-corrected chi connectivity index (χ4v) is 5.34. The molecule has 2 N–H and O–H groups in total. The molecule has 1 amide bonds. The second-order valence-electron chi connectivity index (χ2n) is 5.35. The third kappa shape index (κ3) is 6.39. The molecule has 0 aromatic heterocycles. The molecule has 0 bridgehead atoms. The molecule has 0 radical (unpaired) electrons. The van der Waals surface area contributed by atoms with Crippen molar-refractivity contribution < 1.29 is 9.22 Å². The number of allylic oxidation sites excluding steroid dienone is 2. The molecule has 0 rings (SSSR count). The van der Waals surface area contributed by atoms with Crippen molar-refractivity contribution in [2.24, 2.45) is 11.7 Å². The Balaban J connectivity index is 4.87. The predicted octanol–water partition coefficient (Wildman–Crippen LogP) is 3.85. The molecule has 0 aliphatic carbocycles. The number of nitrogens with two attached hydrogens (primary N) is 1. The van der Waals surface area contributed by atoms with Gasteiger partial charge in [-0.3, -0.25) is 4.79 Å². The molecular weight excluding hydrogens is 254 g/mol. The summed E-state index contributed by atoms with van der Waals surface area (Å²) < 4.78 is 6.46. The first-order chi connectivity index (χ1) is 8.94. The minimum Gasteiger partial charge on any atom is -0.413 e. The first-order valence-electron chi connectivity index (χ1n) is 7.51. The molecule has 3 nitrogen and oxygen atoms in total. The summed E-state index contributed by atoms with van der Waals surface area (Å²) in [5.74, 6) is 0.0729. The molecule has 0 saturated heterocycles. The Labute approximate surface area is 119 Å². The van der Waals surface area contributed by atoms with Crippen LogP contribution < -0.4 is 5.73 Å². The molecule has 0 heterocycles. The number of amides is 1. The van der Waals surface area contributed by atoms with Crippen molar-refractivity contribution in [3.63, 3.8) is 0 Å². The molecule has 112 valence electrons. The van der Waals surface area contributed by atoms with Crippen molar-refractivity contribution in [3.8, 4) is 0 Å². The van der Waals surface area contributed by atoms with Gasteiger partial charge < -0.3 is 10.2 Å². The zero-order valence-corrected chi connectivity index (χ0v) is 14.2. The second kappa shape index (κ2) is 9.32. The summed E-state index contributed by atoms with van der Waals surface area (Å²) >= 11 is 0. The van der Waals surface area contributed by atoms with Gasteiger partial charge in [0.05, 0.1) is 12.5 Å². The Hall–Kier alpha value is -0.613. The van der Waals surface area contributed by atoms with Crippen molar-refractivity contribution in [3.05, 3.63) is 12.2 Å². The van der Waals surface area contributed by atoms with E-state index >= 15 is 0 Å². The SMILES string of the molecule is C/C=C/C[C@@H](C)[C@H](CC(N)=O)O[Si](CC)(CC)CC. The lowest BCUT2D eigenvalue weighted by Crippen LogP contribution is -2.43. The lowest BCUT2D eigenvalue weighted by molar-refractivity contribution is -0.120. The van der Waals surface area contributed by atoms with Gasteiger partial charge in [-0.25, -0.2) is 0 Å². The summed E-state index contributed by atoms with van der Waals surface area (Å²) in [5, 5.41) is 0. The van der Waals surface area contributed by atoms with E-state index in [2.05, 4.69) is 33.8 Å². The maximum absolute atomic E-state index is 11.3. The first kappa shape index (κ1) is 18.4. The highest BCUT2D eigenvalue weighted by Crippen LogP contribution is 2.28. The summed E-state index contributed by atoms with van der Waals surface area (Å²) in [6.45, 7) is 10.8. The molecule has 0 saturated carbocycles. The van der Waals surface area contributed by atoms with Crippen molar-refractivity contribution in [2.45, 2.75) is 71.7 Å². The van der Waals surface area contributed by atoms with Gasteiger partial charge in [0, 0.05) is 0 Å². The Kier molecular flexibility index (Phi) is 9.02. The molecule has 0 aromatic rings. The molecule has 4 heteroatoms. The van der Waals surface area contributed by atoms with Gasteiger partial charge in [-0.05, 0) is 37.4 Å². The monoisotopic (exact) mass is 285 g/mol. The maximum Gasteiger partial charge on any atom is 0.219 e. The highest BCUT2D eigenvalue weighted by atomic mass is 28.4. The summed E-state index contributed by atoms with van der Waals surface area (Å²) in [6.07, 6.45) is 5.43. The Morgan fingerprint density at radius 2 is 1.79 bits per heavy atom. The van der Waals surface area contributed by atoms with Gasteiger partial charge in [0.1, 0.15) is 0 Å². The summed E-state index contributed by atoms with van der Waals surface area (Å²) in [4.78, 5) is 11.3. The van der Waals surface area contributed by atoms with Crippen LogP contribution in [0.4, 0.5) is 0 Å². The largest absolute Gasteiger partial charge is 0.413 e. The predicted molar refractivity (Wildman–Crippen MR) is 84.5 cm³/mol. The van der Waals surface area contributed by atoms with E-state index in [0.29, 0.717) is 12.3 Å². The van der Waals surface area contributed by atoms with Crippen molar-refractivity contribution in [2.75, 3.05) is 0 Å². The van der Waals surface area contributed by atoms with Gasteiger partial charge >= 0.3 is 0 Å². The van der Waals surface area contributed by atoms with E-state index in [1.54, 1.807) is 0 Å². The van der Waals surface area contributed by atoms with Gasteiger partial charge in [0.2, 0.25) is 5.91 Å². The normalized spacial score (nSPS) is 15.6. The van der Waals surface area contributed by atoms with Crippen LogP contribution in [0, 0.1) is 5.92 Å². The summed E-state index contributed by atoms with van der Waals surface area (Å²) in [6, 6.07) is 3.31. The van der Waals surface area contributed by atoms with E-state index in [1.165, 1.54) is 0 Å². The van der Waals surface area contributed by atoms with Gasteiger partial charge in [0.25, 0.3) is 0 Å². The number of carbonyl (C=O) groups is 1. The molecule has 0 aliphatic rings. The van der Waals surface area contributed by atoms with Crippen molar-refractivity contribution in [1.82, 2.24) is 0 Å². The topological polar surface area (TPSA) is 52.3 Å². The zero-order valence-electron chi connectivity index (χ0n) is 13.2. The summed E-state index contributed by atoms with van der Waals surface area (Å²) in [5.41, 5.74) is 5.38. The van der Waals surface area contributed by atoms with Crippen molar-refractivity contribution in [1.29, 1.82) is 0 Å². The maximum atomic E-state index is 11.3. The van der Waals surface area contributed by atoms with Crippen LogP contribution in [0.25, 0.3) is 0 Å². The lowest BCUT2D eigenvalue weighted by Gasteiger charge is -2.35. The van der Waals surface area contributed by atoms with Gasteiger partial charge in [-0.2, -0.15) is 0 Å². The fraction of sp³-hybridized carbons (Fsp3) is 0.800. The minimum absolute atomic E-state index is 0.0276. The van der Waals surface area contributed by atoms with Crippen LogP contribution in [0.5, 0.6) is 0 Å². The van der Waals surface area contributed by atoms with Crippen LogP contribution in [-0.2, 0) is 9.22 Å². The average molecular weight is 286 g/mol. The molecule has 0 aromatic carbocycles. The van der Waals surface area contributed by atoms with Gasteiger partial charge in [-0.15, -0.1) is 0 Å². The van der Waals surface area contributed by atoms with E-state index in [-0.39, 0.29) is 12.0 Å². The Morgan fingerprint density at radius 3 is 2.16 bits per heavy atom. The van der Waals surface area contributed by atoms with Crippen molar-refractivity contribution >= 4 is 14.2 Å². The standard InChI is InChI=1S/C15H31NO2Si/c1-6-10-11-13(5)14(12-15(16)17)18-19(7-2,8-3)9-4/h6,10,13-14H,7-9,11-12H2,1-5H3,(H2,16,17)/b10-6+/t13-,14+/m1/s1. The molecular formula is C15H31NO2Si. The second-order valence-corrected chi connectivity index (χ2v) is 10.1. The Bertz CT molecular complexity index is 280. The molecule has 0 fully saturated rings. The quantitative estimate of drug-likeness (QED) is 0.489. The van der Waals surface area contributed by atoms with Crippen LogP contribution >= 0.6 is 0 Å². The first-order valence-corrected chi connectivity index (χ1v) is 10.0. The lowest BCUT2D eigenvalue weighted by atomic mass is 9.98. The number of primary amides is 1. The number of hydrogen-bond acceptors (Lipinski definition) is 2. The van der Waals surface area contributed by atoms with Crippen LogP contribution in [0.2, 0.25) is 18.1 Å². The zero-order chi connectivity index (χ0) is 14.9. The fourth-order valence-electron chi connectivity index (χ4n) is 2.38. The highest BCUT2D eigenvalue weighted by molar-refractivity contribution is 6.73. The third-order valence-corrected chi connectivity index (χ3v) is 8.78. The molecule has 0 spiro atoms. The van der Waals surface area contributed by atoms with Crippen LogP contribution in [0.1, 0.15) is 47.5 Å². The Morgan fingerprint density at radius 1 is 1.26 bits per heavy atom.